The number of aliphatic hydroxyl groups is 2. The van der Waals surface area contributed by atoms with Crippen LogP contribution in [-0.4, -0.2) is 46.1 Å². The van der Waals surface area contributed by atoms with Gasteiger partial charge in [-0.1, -0.05) is 6.92 Å². The van der Waals surface area contributed by atoms with E-state index in [9.17, 15) is 19.5 Å². The van der Waals surface area contributed by atoms with E-state index in [0.717, 1.165) is 0 Å². The second kappa shape index (κ2) is 4.71. The third-order valence-electron chi connectivity index (χ3n) is 2.42. The lowest BCUT2D eigenvalue weighted by Crippen LogP contribution is -2.55. The Labute approximate surface area is 92.2 Å². The topological polar surface area (TPSA) is 101 Å². The summed E-state index contributed by atoms with van der Waals surface area (Å²) in [4.78, 5) is 34.0. The van der Waals surface area contributed by atoms with Gasteiger partial charge in [-0.3, -0.25) is 9.59 Å². The maximum atomic E-state index is 11.4. The fraction of sp³-hybridized carbons (Fsp3) is 0.700. The lowest BCUT2D eigenvalue weighted by Gasteiger charge is -2.29. The first-order chi connectivity index (χ1) is 7.41. The van der Waals surface area contributed by atoms with E-state index < -0.39 is 42.1 Å². The normalized spacial score (nSPS) is 30.3. The molecule has 2 atom stereocenters. The number of carbonyl (C=O) groups excluding carboxylic acids is 3. The number of esters is 1. The van der Waals surface area contributed by atoms with Crippen LogP contribution < -0.4 is 0 Å². The molecular weight excluding hydrogens is 216 g/mol. The molecule has 1 saturated carbocycles. The Morgan fingerprint density at radius 2 is 2.19 bits per heavy atom. The van der Waals surface area contributed by atoms with E-state index in [2.05, 4.69) is 4.74 Å². The highest BCUT2D eigenvalue weighted by Crippen LogP contribution is 2.24. The van der Waals surface area contributed by atoms with E-state index in [1.54, 1.807) is 6.92 Å². The smallest absolute Gasteiger partial charge is 0.346 e. The van der Waals surface area contributed by atoms with Gasteiger partial charge < -0.3 is 14.9 Å². The summed E-state index contributed by atoms with van der Waals surface area (Å²) >= 11 is 0. The second-order valence-electron chi connectivity index (χ2n) is 3.78. The predicted octanol–water partition coefficient (Wildman–Crippen LogP) is -1.04. The van der Waals surface area contributed by atoms with Crippen molar-refractivity contribution >= 4 is 17.5 Å². The van der Waals surface area contributed by atoms with E-state index >= 15 is 0 Å². The molecule has 2 unspecified atom stereocenters. The molecule has 1 aliphatic carbocycles. The Morgan fingerprint density at radius 1 is 1.56 bits per heavy atom. The van der Waals surface area contributed by atoms with Crippen molar-refractivity contribution in [1.82, 2.24) is 0 Å². The summed E-state index contributed by atoms with van der Waals surface area (Å²) < 4.78 is 4.64. The molecule has 1 rings (SSSR count). The summed E-state index contributed by atoms with van der Waals surface area (Å²) in [6, 6.07) is 0. The first kappa shape index (κ1) is 12.8. The number of rotatable bonds is 3. The molecule has 0 amide bonds. The van der Waals surface area contributed by atoms with E-state index in [1.807, 2.05) is 0 Å². The van der Waals surface area contributed by atoms with Crippen LogP contribution in [0, 0.1) is 0 Å². The van der Waals surface area contributed by atoms with Gasteiger partial charge in [0.05, 0.1) is 13.0 Å². The highest BCUT2D eigenvalue weighted by Gasteiger charge is 2.51. The van der Waals surface area contributed by atoms with Crippen molar-refractivity contribution in [1.29, 1.82) is 0 Å². The van der Waals surface area contributed by atoms with Gasteiger partial charge in [0.25, 0.3) is 0 Å². The van der Waals surface area contributed by atoms with Gasteiger partial charge in [-0.2, -0.15) is 0 Å². The number of aliphatic hydroxyl groups excluding tert-OH is 1. The third-order valence-corrected chi connectivity index (χ3v) is 2.42. The molecule has 6 heteroatoms. The van der Waals surface area contributed by atoms with Crippen molar-refractivity contribution in [2.24, 2.45) is 0 Å². The van der Waals surface area contributed by atoms with E-state index in [0.29, 0.717) is 6.42 Å². The Morgan fingerprint density at radius 3 is 2.75 bits per heavy atom. The van der Waals surface area contributed by atoms with Gasteiger partial charge in [0.1, 0.15) is 6.10 Å². The zero-order valence-corrected chi connectivity index (χ0v) is 8.93. The molecular formula is C10H14O6. The molecule has 0 aliphatic heterocycles. The highest BCUT2D eigenvalue weighted by molar-refractivity contribution is 6.14. The minimum absolute atomic E-state index is 0.0746. The first-order valence-electron chi connectivity index (χ1n) is 5.05. The Hall–Kier alpha value is -1.27. The maximum absolute atomic E-state index is 11.4. The number of ketones is 2. The minimum Gasteiger partial charge on any atom is -0.463 e. The fourth-order valence-corrected chi connectivity index (χ4v) is 1.43. The molecule has 0 spiro atoms. The van der Waals surface area contributed by atoms with Crippen LogP contribution in [0.2, 0.25) is 0 Å². The van der Waals surface area contributed by atoms with Crippen LogP contribution in [0.1, 0.15) is 26.2 Å². The molecule has 2 N–H and O–H groups in total. The van der Waals surface area contributed by atoms with Crippen molar-refractivity contribution in [3.8, 4) is 0 Å². The molecule has 0 aromatic heterocycles. The summed E-state index contributed by atoms with van der Waals surface area (Å²) in [5.74, 6) is -2.71. The van der Waals surface area contributed by atoms with Crippen molar-refractivity contribution in [2.45, 2.75) is 37.9 Å². The van der Waals surface area contributed by atoms with Crippen molar-refractivity contribution in [3.63, 3.8) is 0 Å². The number of Topliss-reactive ketones (excluding diaryl/α,β-unsaturated/α-hetero) is 2. The lowest BCUT2D eigenvalue weighted by atomic mass is 9.81. The van der Waals surface area contributed by atoms with E-state index in [1.165, 1.54) is 0 Å². The summed E-state index contributed by atoms with van der Waals surface area (Å²) in [5.41, 5.74) is -2.41. The monoisotopic (exact) mass is 230 g/mol. The number of hydrogen-bond acceptors (Lipinski definition) is 6. The third kappa shape index (κ3) is 2.28. The van der Waals surface area contributed by atoms with Gasteiger partial charge >= 0.3 is 5.97 Å². The zero-order chi connectivity index (χ0) is 12.3. The Kier molecular flexibility index (Phi) is 3.77. The summed E-state index contributed by atoms with van der Waals surface area (Å²) in [6.45, 7) is 1.83. The standard InChI is InChI=1S/C10H14O6/c1-2-3-16-9(14)10(15)5-7(12)6(11)4-8(10)13/h6,11,15H,2-5H2,1H3. The van der Waals surface area contributed by atoms with Gasteiger partial charge in [0, 0.05) is 6.42 Å². The summed E-state index contributed by atoms with van der Waals surface area (Å²) in [5, 5.41) is 18.9. The molecule has 0 bridgehead atoms. The van der Waals surface area contributed by atoms with Crippen LogP contribution in [0.3, 0.4) is 0 Å². The minimum atomic E-state index is -2.41. The van der Waals surface area contributed by atoms with Crippen LogP contribution in [0.4, 0.5) is 0 Å². The molecule has 0 radical (unpaired) electrons. The SMILES string of the molecule is CCCOC(=O)C1(O)CC(=O)C(O)CC1=O. The molecule has 1 fully saturated rings. The molecule has 0 saturated heterocycles. The van der Waals surface area contributed by atoms with Gasteiger partial charge in [-0.05, 0) is 6.42 Å². The van der Waals surface area contributed by atoms with Crippen LogP contribution in [0.25, 0.3) is 0 Å². The predicted molar refractivity (Wildman–Crippen MR) is 51.5 cm³/mol. The van der Waals surface area contributed by atoms with Crippen LogP contribution in [0.15, 0.2) is 0 Å². The average molecular weight is 230 g/mol. The molecule has 0 heterocycles. The lowest BCUT2D eigenvalue weighted by molar-refractivity contribution is -0.177. The summed E-state index contributed by atoms with van der Waals surface area (Å²) in [6.07, 6.45) is -2.13. The maximum Gasteiger partial charge on any atom is 0.346 e. The van der Waals surface area contributed by atoms with Crippen LogP contribution in [-0.2, 0) is 19.1 Å². The van der Waals surface area contributed by atoms with Gasteiger partial charge in [-0.25, -0.2) is 4.79 Å². The molecule has 6 nitrogen and oxygen atoms in total. The van der Waals surface area contributed by atoms with Crippen LogP contribution in [0.5, 0.6) is 0 Å². The summed E-state index contributed by atoms with van der Waals surface area (Å²) in [7, 11) is 0. The second-order valence-corrected chi connectivity index (χ2v) is 3.78. The quantitative estimate of drug-likeness (QED) is 0.474. The molecule has 90 valence electrons. The largest absolute Gasteiger partial charge is 0.463 e. The number of ether oxygens (including phenoxy) is 1. The van der Waals surface area contributed by atoms with E-state index in [-0.39, 0.29) is 6.61 Å². The van der Waals surface area contributed by atoms with Crippen molar-refractivity contribution < 1.29 is 29.3 Å². The first-order valence-corrected chi connectivity index (χ1v) is 5.05. The zero-order valence-electron chi connectivity index (χ0n) is 8.93. The average Bonchev–Trinajstić information content (AvgIpc) is 2.23. The molecule has 0 aromatic rings. The van der Waals surface area contributed by atoms with Crippen molar-refractivity contribution in [2.75, 3.05) is 6.61 Å². The highest BCUT2D eigenvalue weighted by atomic mass is 16.6. The van der Waals surface area contributed by atoms with Gasteiger partial charge in [0.2, 0.25) is 5.60 Å². The number of hydrogen-bond donors (Lipinski definition) is 2. The van der Waals surface area contributed by atoms with Gasteiger partial charge in [0.15, 0.2) is 11.6 Å². The van der Waals surface area contributed by atoms with Crippen molar-refractivity contribution in [3.05, 3.63) is 0 Å². The van der Waals surface area contributed by atoms with Crippen LogP contribution >= 0.6 is 0 Å². The van der Waals surface area contributed by atoms with Gasteiger partial charge in [-0.15, -0.1) is 0 Å². The Bertz CT molecular complexity index is 323. The Balaban J connectivity index is 2.79. The molecule has 0 aromatic carbocycles. The molecule has 16 heavy (non-hydrogen) atoms. The fourth-order valence-electron chi connectivity index (χ4n) is 1.43. The number of carbonyl (C=O) groups is 3. The molecule has 1 aliphatic rings. The van der Waals surface area contributed by atoms with E-state index in [4.69, 9.17) is 5.11 Å².